The highest BCUT2D eigenvalue weighted by atomic mass is 16.7. The summed E-state index contributed by atoms with van der Waals surface area (Å²) in [5.74, 6) is -0.166. The summed E-state index contributed by atoms with van der Waals surface area (Å²) < 4.78 is 11.3. The molecule has 1 amide bonds. The molecule has 9 heteroatoms. The van der Waals surface area contributed by atoms with Crippen LogP contribution in [0, 0.1) is 0 Å². The summed E-state index contributed by atoms with van der Waals surface area (Å²) in [7, 11) is 0. The minimum Gasteiger partial charge on any atom is -0.394 e. The smallest absolute Gasteiger partial charge is 0.220 e. The number of carbonyl (C=O) groups excluding carboxylic acids is 1. The molecule has 1 heterocycles. The van der Waals surface area contributed by atoms with Gasteiger partial charge in [-0.15, -0.1) is 0 Å². The van der Waals surface area contributed by atoms with Crippen LogP contribution in [0.25, 0.3) is 0 Å². The average Bonchev–Trinajstić information content (AvgIpc) is 3.52. The maximum atomic E-state index is 13.1. The molecule has 0 aromatic rings. The lowest BCUT2D eigenvalue weighted by Gasteiger charge is -2.40. The molecule has 0 aliphatic carbocycles. The molecule has 1 saturated heterocycles. The number of allylic oxidation sites excluding steroid dienone is 22. The first kappa shape index (κ1) is 76.3. The summed E-state index contributed by atoms with van der Waals surface area (Å²) in [6, 6.07) is -0.740. The summed E-state index contributed by atoms with van der Waals surface area (Å²) >= 11 is 0. The molecule has 7 unspecified atom stereocenters. The van der Waals surface area contributed by atoms with Crippen LogP contribution in [-0.4, -0.2) is 87.5 Å². The number of hydrogen-bond donors (Lipinski definition) is 6. The molecule has 1 aliphatic rings. The van der Waals surface area contributed by atoms with Gasteiger partial charge in [-0.25, -0.2) is 0 Å². The third-order valence-corrected chi connectivity index (χ3v) is 15.0. The zero-order valence-electron chi connectivity index (χ0n) is 52.2. The van der Waals surface area contributed by atoms with Crippen molar-refractivity contribution in [3.63, 3.8) is 0 Å². The van der Waals surface area contributed by atoms with Gasteiger partial charge >= 0.3 is 0 Å². The highest BCUT2D eigenvalue weighted by molar-refractivity contribution is 5.76. The van der Waals surface area contributed by atoms with E-state index in [1.165, 1.54) is 109 Å². The molecule has 1 rings (SSSR count). The first-order valence-electron chi connectivity index (χ1n) is 33.4. The van der Waals surface area contributed by atoms with E-state index < -0.39 is 49.5 Å². The van der Waals surface area contributed by atoms with Gasteiger partial charge in [-0.1, -0.05) is 295 Å². The number of hydrogen-bond acceptors (Lipinski definition) is 8. The molecule has 7 atom stereocenters. The number of carbonyl (C=O) groups is 1. The van der Waals surface area contributed by atoms with E-state index in [0.717, 1.165) is 128 Å². The van der Waals surface area contributed by atoms with E-state index in [4.69, 9.17) is 9.47 Å². The molecular weight excluding hydrogens is 1020 g/mol. The average molecular weight is 1140 g/mol. The van der Waals surface area contributed by atoms with Crippen LogP contribution in [0.15, 0.2) is 134 Å². The summed E-state index contributed by atoms with van der Waals surface area (Å²) in [4.78, 5) is 13.1. The molecule has 1 fully saturated rings. The third kappa shape index (κ3) is 48.7. The van der Waals surface area contributed by atoms with E-state index >= 15 is 0 Å². The monoisotopic (exact) mass is 1140 g/mol. The summed E-state index contributed by atoms with van der Waals surface area (Å²) in [5.41, 5.74) is 0. The van der Waals surface area contributed by atoms with E-state index in [9.17, 15) is 30.3 Å². The van der Waals surface area contributed by atoms with Crippen molar-refractivity contribution in [1.82, 2.24) is 5.32 Å². The predicted molar refractivity (Wildman–Crippen MR) is 350 cm³/mol. The van der Waals surface area contributed by atoms with Crippen molar-refractivity contribution < 1.29 is 39.8 Å². The summed E-state index contributed by atoms with van der Waals surface area (Å²) in [5, 5.41) is 54.8. The first-order chi connectivity index (χ1) is 40.3. The molecule has 468 valence electrons. The van der Waals surface area contributed by atoms with Crippen LogP contribution in [-0.2, 0) is 14.3 Å². The van der Waals surface area contributed by atoms with Crippen LogP contribution < -0.4 is 5.32 Å². The lowest BCUT2D eigenvalue weighted by molar-refractivity contribution is -0.302. The van der Waals surface area contributed by atoms with Gasteiger partial charge in [-0.2, -0.15) is 0 Å². The van der Waals surface area contributed by atoms with Crippen molar-refractivity contribution in [3.8, 4) is 0 Å². The second-order valence-corrected chi connectivity index (χ2v) is 22.5. The second-order valence-electron chi connectivity index (χ2n) is 22.5. The van der Waals surface area contributed by atoms with Gasteiger partial charge in [-0.3, -0.25) is 4.79 Å². The third-order valence-electron chi connectivity index (χ3n) is 15.0. The van der Waals surface area contributed by atoms with Crippen molar-refractivity contribution in [2.75, 3.05) is 13.2 Å². The number of unbranched alkanes of at least 4 members (excludes halogenated alkanes) is 24. The molecule has 9 nitrogen and oxygen atoms in total. The number of ether oxygens (including phenoxy) is 2. The van der Waals surface area contributed by atoms with Crippen molar-refractivity contribution in [1.29, 1.82) is 0 Å². The molecule has 0 aromatic heterocycles. The predicted octanol–water partition coefficient (Wildman–Crippen LogP) is 18.0. The van der Waals surface area contributed by atoms with Crippen molar-refractivity contribution in [2.45, 2.75) is 307 Å². The maximum Gasteiger partial charge on any atom is 0.220 e. The van der Waals surface area contributed by atoms with Gasteiger partial charge in [0.05, 0.1) is 25.4 Å². The Hall–Kier alpha value is -3.67. The topological polar surface area (TPSA) is 149 Å². The molecule has 0 spiro atoms. The quantitative estimate of drug-likeness (QED) is 0.0261. The minimum atomic E-state index is -1.57. The zero-order valence-corrected chi connectivity index (χ0v) is 52.2. The standard InChI is InChI=1S/C73H123NO8/c1-3-5-7-9-11-13-15-17-19-21-23-25-26-27-28-29-30-31-32-33-34-35-36-37-38-39-40-41-42-43-45-47-49-51-53-55-57-59-61-63-69(77)74-66(65-81-73-72(80)71(79)70(78)68(64-75)82-73)67(76)62-60-58-56-54-52-50-48-46-44-24-22-20-18-16-14-12-10-8-6-4-2/h5,7,11,13,17,19,23,25,27-28,30-31,33-34,36-37,39-40,42-43,47,49,66-68,70-73,75-76,78-80H,3-4,6,8-10,12,14-16,18,20-22,24,26,29,32,35,38,41,44-46,48,50-65H2,1-2H3,(H,74,77)/b7-5-,13-11-,19-17-,25-23-,28-27-,31-30-,34-33-,37-36-,40-39-,43-42-,49-47-. The SMILES string of the molecule is CC/C=C\C/C=C\C/C=C\C/C=C\C/C=C\C/C=C\C/C=C\C/C=C\C/C=C\C/C=C\C/C=C\CCCCCCCC(=O)NC(COC1OC(CO)C(O)C(O)C1O)C(O)CCCCCCCCCCCCCCCCCCCCCC. The van der Waals surface area contributed by atoms with E-state index in [1.807, 2.05) is 0 Å². The van der Waals surface area contributed by atoms with Gasteiger partial charge in [0, 0.05) is 6.42 Å². The Kier molecular flexibility index (Phi) is 56.3. The highest BCUT2D eigenvalue weighted by Gasteiger charge is 2.44. The largest absolute Gasteiger partial charge is 0.394 e. The lowest BCUT2D eigenvalue weighted by Crippen LogP contribution is -2.60. The van der Waals surface area contributed by atoms with Gasteiger partial charge in [-0.05, 0) is 96.3 Å². The van der Waals surface area contributed by atoms with Crippen molar-refractivity contribution in [3.05, 3.63) is 134 Å². The Morgan fingerprint density at radius 3 is 1.12 bits per heavy atom. The fourth-order valence-corrected chi connectivity index (χ4v) is 9.81. The molecule has 0 aromatic carbocycles. The molecule has 0 bridgehead atoms. The van der Waals surface area contributed by atoms with Gasteiger partial charge in [0.25, 0.3) is 0 Å². The van der Waals surface area contributed by atoms with Crippen LogP contribution in [0.4, 0.5) is 0 Å². The first-order valence-corrected chi connectivity index (χ1v) is 33.4. The molecule has 0 radical (unpaired) electrons. The molecule has 6 N–H and O–H groups in total. The van der Waals surface area contributed by atoms with Crippen LogP contribution in [0.1, 0.15) is 264 Å². The van der Waals surface area contributed by atoms with E-state index in [-0.39, 0.29) is 12.5 Å². The van der Waals surface area contributed by atoms with E-state index in [2.05, 4.69) is 153 Å². The fourth-order valence-electron chi connectivity index (χ4n) is 9.81. The van der Waals surface area contributed by atoms with Gasteiger partial charge in [0.1, 0.15) is 24.4 Å². The highest BCUT2D eigenvalue weighted by Crippen LogP contribution is 2.23. The Bertz CT molecular complexity index is 1750. The van der Waals surface area contributed by atoms with Crippen molar-refractivity contribution in [2.24, 2.45) is 0 Å². The van der Waals surface area contributed by atoms with Crippen LogP contribution in [0.3, 0.4) is 0 Å². The lowest BCUT2D eigenvalue weighted by atomic mass is 9.99. The zero-order chi connectivity index (χ0) is 59.3. The molecular formula is C73H123NO8. The second kappa shape index (κ2) is 60.5. The van der Waals surface area contributed by atoms with Crippen LogP contribution >= 0.6 is 0 Å². The van der Waals surface area contributed by atoms with Crippen LogP contribution in [0.2, 0.25) is 0 Å². The molecule has 0 saturated carbocycles. The molecule has 1 aliphatic heterocycles. The Balaban J connectivity index is 2.18. The number of rotatable bonds is 56. The van der Waals surface area contributed by atoms with Gasteiger partial charge in [0.15, 0.2) is 6.29 Å². The van der Waals surface area contributed by atoms with Gasteiger partial charge in [0.2, 0.25) is 5.91 Å². The fraction of sp³-hybridized carbons (Fsp3) is 0.685. The van der Waals surface area contributed by atoms with Gasteiger partial charge < -0.3 is 40.3 Å². The summed E-state index contributed by atoms with van der Waals surface area (Å²) in [6.07, 6.45) is 84.9. The molecule has 82 heavy (non-hydrogen) atoms. The number of aliphatic hydroxyl groups is 5. The van der Waals surface area contributed by atoms with Crippen molar-refractivity contribution >= 4 is 5.91 Å². The number of aliphatic hydroxyl groups excluding tert-OH is 5. The minimum absolute atomic E-state index is 0.153. The Morgan fingerprint density at radius 2 is 0.756 bits per heavy atom. The Morgan fingerprint density at radius 1 is 0.427 bits per heavy atom. The maximum absolute atomic E-state index is 13.1. The Labute approximate surface area is 502 Å². The van der Waals surface area contributed by atoms with E-state index in [1.54, 1.807) is 0 Å². The normalized spacial score (nSPS) is 19.2. The number of amides is 1. The number of nitrogens with one attached hydrogen (secondary N) is 1. The summed E-state index contributed by atoms with van der Waals surface area (Å²) in [6.45, 7) is 3.72. The van der Waals surface area contributed by atoms with E-state index in [0.29, 0.717) is 12.8 Å². The van der Waals surface area contributed by atoms with Crippen LogP contribution in [0.5, 0.6) is 0 Å².